The highest BCUT2D eigenvalue weighted by atomic mass is 16.5. The summed E-state index contributed by atoms with van der Waals surface area (Å²) in [6, 6.07) is 9.38. The lowest BCUT2D eigenvalue weighted by atomic mass is 10.1. The molecule has 0 saturated carbocycles. The summed E-state index contributed by atoms with van der Waals surface area (Å²) in [5.74, 6) is -0.350. The Bertz CT molecular complexity index is 1220. The van der Waals surface area contributed by atoms with Crippen LogP contribution >= 0.6 is 0 Å². The zero-order valence-corrected chi connectivity index (χ0v) is 14.5. The van der Waals surface area contributed by atoms with Crippen molar-refractivity contribution in [3.8, 4) is 5.88 Å². The van der Waals surface area contributed by atoms with Crippen LogP contribution in [0.4, 0.5) is 5.69 Å². The Morgan fingerprint density at radius 3 is 3.04 bits per heavy atom. The Morgan fingerprint density at radius 2 is 2.19 bits per heavy atom. The molecule has 0 unspecified atom stereocenters. The van der Waals surface area contributed by atoms with E-state index in [9.17, 15) is 9.90 Å². The number of fused-ring (bicyclic) bond motifs is 2. The summed E-state index contributed by atoms with van der Waals surface area (Å²) in [6.45, 7) is 2.08. The molecule has 0 aliphatic carbocycles. The summed E-state index contributed by atoms with van der Waals surface area (Å²) in [5, 5.41) is 21.0. The van der Waals surface area contributed by atoms with Crippen molar-refractivity contribution in [3.05, 3.63) is 64.7 Å². The molecule has 1 aromatic carbocycles. The zero-order chi connectivity index (χ0) is 18.8. The Balaban J connectivity index is 1.74. The number of azo groups is 1. The topological polar surface area (TPSA) is 99.9 Å². The highest BCUT2D eigenvalue weighted by Gasteiger charge is 2.10. The minimum absolute atomic E-state index is 0.0652. The van der Waals surface area contributed by atoms with Crippen LogP contribution in [0.5, 0.6) is 5.88 Å². The predicted molar refractivity (Wildman–Crippen MR) is 101 cm³/mol. The average Bonchev–Trinajstić information content (AvgIpc) is 3.21. The summed E-state index contributed by atoms with van der Waals surface area (Å²) in [5.41, 5.74) is 2.59. The normalized spacial score (nSPS) is 13.7. The number of carbonyl (C=O) groups excluding carboxylic acids is 1. The number of ether oxygens (including phenoxy) is 1. The number of rotatable bonds is 4. The van der Waals surface area contributed by atoms with Gasteiger partial charge in [0.25, 0.3) is 0 Å². The molecular formula is C20H16N4O3. The van der Waals surface area contributed by atoms with E-state index < -0.39 is 5.97 Å². The zero-order valence-electron chi connectivity index (χ0n) is 14.5. The maximum Gasteiger partial charge on any atom is 0.330 e. The van der Waals surface area contributed by atoms with Crippen LogP contribution in [0.3, 0.4) is 0 Å². The molecule has 7 heteroatoms. The van der Waals surface area contributed by atoms with E-state index in [1.165, 1.54) is 6.08 Å². The van der Waals surface area contributed by atoms with E-state index in [4.69, 9.17) is 4.74 Å². The molecule has 27 heavy (non-hydrogen) atoms. The third kappa shape index (κ3) is 3.22. The van der Waals surface area contributed by atoms with Gasteiger partial charge in [0.2, 0.25) is 0 Å². The molecule has 134 valence electrons. The van der Waals surface area contributed by atoms with Gasteiger partial charge in [-0.05, 0) is 48.6 Å². The molecule has 2 N–H and O–H groups in total. The van der Waals surface area contributed by atoms with Gasteiger partial charge in [0.05, 0.1) is 18.0 Å². The number of aromatic hydroxyl groups is 1. The Kier molecular flexibility index (Phi) is 4.25. The third-order valence-electron chi connectivity index (χ3n) is 4.13. The summed E-state index contributed by atoms with van der Waals surface area (Å²) in [6.07, 6.45) is 6.45. The molecule has 0 fully saturated rings. The highest BCUT2D eigenvalue weighted by molar-refractivity contribution is 5.89. The van der Waals surface area contributed by atoms with Crippen molar-refractivity contribution in [2.75, 3.05) is 6.61 Å². The van der Waals surface area contributed by atoms with Gasteiger partial charge in [-0.2, -0.15) is 0 Å². The summed E-state index contributed by atoms with van der Waals surface area (Å²) < 4.78 is 4.87. The molecule has 7 nitrogen and oxygen atoms in total. The second kappa shape index (κ2) is 6.87. The van der Waals surface area contributed by atoms with E-state index >= 15 is 0 Å². The van der Waals surface area contributed by atoms with E-state index in [2.05, 4.69) is 20.2 Å². The first kappa shape index (κ1) is 16.7. The van der Waals surface area contributed by atoms with Crippen molar-refractivity contribution in [2.24, 2.45) is 10.2 Å². The second-order valence-corrected chi connectivity index (χ2v) is 5.88. The molecule has 0 spiro atoms. The molecule has 1 aliphatic rings. The molecule has 0 amide bonds. The number of aromatic nitrogens is 2. The van der Waals surface area contributed by atoms with Gasteiger partial charge in [-0.3, -0.25) is 0 Å². The van der Waals surface area contributed by atoms with E-state index in [1.54, 1.807) is 19.2 Å². The van der Waals surface area contributed by atoms with Gasteiger partial charge < -0.3 is 14.8 Å². The van der Waals surface area contributed by atoms with Crippen LogP contribution in [0.15, 0.2) is 58.9 Å². The van der Waals surface area contributed by atoms with Crippen LogP contribution in [0.25, 0.3) is 22.8 Å². The molecule has 0 bridgehead atoms. The van der Waals surface area contributed by atoms with Gasteiger partial charge in [0.15, 0.2) is 5.88 Å². The number of hydrogen-bond acceptors (Lipinski definition) is 6. The minimum atomic E-state index is -0.415. The molecule has 0 atom stereocenters. The standard InChI is InChI=1S/C20H16N4O3/c1-2-27-18(25)8-7-16-14-6-5-12(11-17(14)24-23-16)10-15-13-4-3-9-21-19(13)22-20(15)26/h3-11,26H,2H2,1H3,(H,21,22)/b8-7+,12-10?. The van der Waals surface area contributed by atoms with Crippen molar-refractivity contribution >= 4 is 34.5 Å². The molecule has 3 heterocycles. The van der Waals surface area contributed by atoms with Crippen molar-refractivity contribution in [1.82, 2.24) is 9.97 Å². The van der Waals surface area contributed by atoms with Crippen molar-refractivity contribution in [3.63, 3.8) is 0 Å². The van der Waals surface area contributed by atoms with Crippen molar-refractivity contribution in [1.29, 1.82) is 0 Å². The van der Waals surface area contributed by atoms with Gasteiger partial charge in [-0.1, -0.05) is 6.07 Å². The van der Waals surface area contributed by atoms with Crippen LogP contribution < -0.4 is 10.4 Å². The number of pyridine rings is 1. The molecule has 1 aliphatic heterocycles. The van der Waals surface area contributed by atoms with Crippen LogP contribution in [0.1, 0.15) is 12.5 Å². The van der Waals surface area contributed by atoms with E-state index in [0.29, 0.717) is 29.2 Å². The summed E-state index contributed by atoms with van der Waals surface area (Å²) in [4.78, 5) is 18.5. The third-order valence-corrected chi connectivity index (χ3v) is 4.13. The van der Waals surface area contributed by atoms with Crippen LogP contribution in [-0.2, 0) is 9.53 Å². The van der Waals surface area contributed by atoms with E-state index in [-0.39, 0.29) is 5.88 Å². The number of hydrogen-bond donors (Lipinski definition) is 2. The molecule has 2 aromatic heterocycles. The van der Waals surface area contributed by atoms with Gasteiger partial charge >= 0.3 is 5.97 Å². The number of H-pyrrole nitrogens is 1. The molecule has 3 aromatic rings. The summed E-state index contributed by atoms with van der Waals surface area (Å²) >= 11 is 0. The maximum atomic E-state index is 11.5. The van der Waals surface area contributed by atoms with Crippen molar-refractivity contribution < 1.29 is 14.6 Å². The predicted octanol–water partition coefficient (Wildman–Crippen LogP) is 2.42. The summed E-state index contributed by atoms with van der Waals surface area (Å²) in [7, 11) is 0. The average molecular weight is 360 g/mol. The van der Waals surface area contributed by atoms with Gasteiger partial charge in [0.1, 0.15) is 5.65 Å². The number of benzene rings is 1. The van der Waals surface area contributed by atoms with E-state index in [1.807, 2.05) is 36.4 Å². The lowest BCUT2D eigenvalue weighted by molar-refractivity contribution is -0.137. The Labute approximate surface area is 154 Å². The number of nitrogens with zero attached hydrogens (tertiary/aromatic N) is 3. The number of nitrogens with one attached hydrogen (secondary N) is 1. The van der Waals surface area contributed by atoms with Crippen LogP contribution in [0, 0.1) is 0 Å². The van der Waals surface area contributed by atoms with Gasteiger partial charge in [-0.15, -0.1) is 10.2 Å². The van der Waals surface area contributed by atoms with Crippen molar-refractivity contribution in [2.45, 2.75) is 6.92 Å². The monoisotopic (exact) mass is 360 g/mol. The Morgan fingerprint density at radius 1 is 1.30 bits per heavy atom. The Hall–Kier alpha value is -3.74. The number of aromatic amines is 1. The van der Waals surface area contributed by atoms with E-state index in [0.717, 1.165) is 15.8 Å². The van der Waals surface area contributed by atoms with Gasteiger partial charge in [-0.25, -0.2) is 9.78 Å². The first-order chi connectivity index (χ1) is 13.2. The molecule has 0 radical (unpaired) electrons. The lowest BCUT2D eigenvalue weighted by Gasteiger charge is -1.95. The highest BCUT2D eigenvalue weighted by Crippen LogP contribution is 2.26. The number of esters is 1. The quantitative estimate of drug-likeness (QED) is 0.551. The SMILES string of the molecule is CCOC(=O)/C=C/C1=c2ccc(=Cc3c(O)[nH]c4ncccc34)cc2N=N1. The van der Waals surface area contributed by atoms with Crippen LogP contribution in [0.2, 0.25) is 0 Å². The lowest BCUT2D eigenvalue weighted by Crippen LogP contribution is -2.08. The fraction of sp³-hybridized carbons (Fsp3) is 0.100. The molecular weight excluding hydrogens is 344 g/mol. The second-order valence-electron chi connectivity index (χ2n) is 5.88. The first-order valence-electron chi connectivity index (χ1n) is 8.44. The maximum absolute atomic E-state index is 11.5. The minimum Gasteiger partial charge on any atom is -0.494 e. The first-order valence-corrected chi connectivity index (χ1v) is 8.44. The molecule has 0 saturated heterocycles. The molecule has 4 rings (SSSR count). The smallest absolute Gasteiger partial charge is 0.330 e. The number of carbonyl (C=O) groups is 1. The fourth-order valence-corrected chi connectivity index (χ4v) is 2.90. The van der Waals surface area contributed by atoms with Gasteiger partial charge in [0, 0.05) is 28.4 Å². The largest absolute Gasteiger partial charge is 0.494 e. The fourth-order valence-electron chi connectivity index (χ4n) is 2.90. The van der Waals surface area contributed by atoms with Crippen LogP contribution in [-0.4, -0.2) is 27.7 Å².